The smallest absolute Gasteiger partial charge is 0.0587 e. The van der Waals surface area contributed by atoms with Gasteiger partial charge in [-0.15, -0.1) is 0 Å². The molecule has 3 nitrogen and oxygen atoms in total. The summed E-state index contributed by atoms with van der Waals surface area (Å²) in [7, 11) is 2.18. The highest BCUT2D eigenvalue weighted by atomic mass is 16.5. The van der Waals surface area contributed by atoms with Crippen molar-refractivity contribution >= 4 is 0 Å². The van der Waals surface area contributed by atoms with E-state index in [1.807, 2.05) is 0 Å². The summed E-state index contributed by atoms with van der Waals surface area (Å²) in [6, 6.07) is 0. The van der Waals surface area contributed by atoms with E-state index >= 15 is 0 Å². The predicted molar refractivity (Wildman–Crippen MR) is 69.2 cm³/mol. The van der Waals surface area contributed by atoms with E-state index in [0.29, 0.717) is 11.5 Å². The predicted octanol–water partition coefficient (Wildman–Crippen LogP) is 2.30. The Kier molecular flexibility index (Phi) is 4.83. The molecular formula is C14H27NO2. The van der Waals surface area contributed by atoms with Gasteiger partial charge in [-0.25, -0.2) is 0 Å². The van der Waals surface area contributed by atoms with Crippen molar-refractivity contribution in [1.29, 1.82) is 0 Å². The molecule has 2 aliphatic rings. The van der Waals surface area contributed by atoms with Gasteiger partial charge in [-0.05, 0) is 51.1 Å². The molecule has 0 saturated carbocycles. The van der Waals surface area contributed by atoms with Crippen molar-refractivity contribution in [3.05, 3.63) is 0 Å². The quantitative estimate of drug-likeness (QED) is 0.754. The maximum Gasteiger partial charge on any atom is 0.0587 e. The van der Waals surface area contributed by atoms with E-state index in [1.54, 1.807) is 0 Å². The zero-order valence-corrected chi connectivity index (χ0v) is 11.4. The topological polar surface area (TPSA) is 21.7 Å². The maximum absolute atomic E-state index is 6.08. The second kappa shape index (κ2) is 6.17. The molecule has 1 unspecified atom stereocenters. The Morgan fingerprint density at radius 3 is 2.59 bits per heavy atom. The highest BCUT2D eigenvalue weighted by molar-refractivity contribution is 4.86. The van der Waals surface area contributed by atoms with Crippen molar-refractivity contribution in [2.75, 3.05) is 40.0 Å². The highest BCUT2D eigenvalue weighted by Crippen LogP contribution is 2.40. The SMILES string of the molecule is CCN(C)CCC1CCC2(CCOCC2)CO1. The zero-order chi connectivity index (χ0) is 12.1. The first kappa shape index (κ1) is 13.3. The van der Waals surface area contributed by atoms with E-state index < -0.39 is 0 Å². The van der Waals surface area contributed by atoms with Crippen LogP contribution >= 0.6 is 0 Å². The Balaban J connectivity index is 1.70. The lowest BCUT2D eigenvalue weighted by Crippen LogP contribution is -2.41. The van der Waals surface area contributed by atoms with E-state index in [4.69, 9.17) is 9.47 Å². The summed E-state index contributed by atoms with van der Waals surface area (Å²) in [4.78, 5) is 2.36. The largest absolute Gasteiger partial charge is 0.381 e. The third-order valence-electron chi connectivity index (χ3n) is 4.55. The van der Waals surface area contributed by atoms with Crippen molar-refractivity contribution in [2.24, 2.45) is 5.41 Å². The van der Waals surface area contributed by atoms with E-state index in [2.05, 4.69) is 18.9 Å². The number of hydrogen-bond donors (Lipinski definition) is 0. The molecule has 0 aliphatic carbocycles. The summed E-state index contributed by atoms with van der Waals surface area (Å²) in [6.07, 6.45) is 6.69. The van der Waals surface area contributed by atoms with Gasteiger partial charge in [-0.3, -0.25) is 0 Å². The molecule has 1 atom stereocenters. The summed E-state index contributed by atoms with van der Waals surface area (Å²) in [5.74, 6) is 0. The molecule has 100 valence electrons. The molecule has 2 rings (SSSR count). The minimum absolute atomic E-state index is 0.464. The van der Waals surface area contributed by atoms with Gasteiger partial charge >= 0.3 is 0 Å². The molecule has 1 spiro atoms. The normalized spacial score (nSPS) is 28.8. The van der Waals surface area contributed by atoms with Gasteiger partial charge in [0.15, 0.2) is 0 Å². The summed E-state index contributed by atoms with van der Waals surface area (Å²) < 4.78 is 11.5. The van der Waals surface area contributed by atoms with Gasteiger partial charge in [-0.2, -0.15) is 0 Å². The van der Waals surface area contributed by atoms with Gasteiger partial charge in [-0.1, -0.05) is 6.92 Å². The molecule has 0 N–H and O–H groups in total. The first-order valence-electron chi connectivity index (χ1n) is 7.12. The standard InChI is InChI=1S/C14H27NO2/c1-3-15(2)9-5-13-4-6-14(12-17-13)7-10-16-11-8-14/h13H,3-12H2,1-2H3. The van der Waals surface area contributed by atoms with Crippen LogP contribution in [-0.2, 0) is 9.47 Å². The molecule has 0 aromatic carbocycles. The number of hydrogen-bond acceptors (Lipinski definition) is 3. The van der Waals surface area contributed by atoms with Crippen LogP contribution in [0.4, 0.5) is 0 Å². The van der Waals surface area contributed by atoms with Crippen LogP contribution in [0.5, 0.6) is 0 Å². The molecule has 0 amide bonds. The van der Waals surface area contributed by atoms with Crippen molar-refractivity contribution in [3.63, 3.8) is 0 Å². The summed E-state index contributed by atoms with van der Waals surface area (Å²) in [5.41, 5.74) is 0.464. The summed E-state index contributed by atoms with van der Waals surface area (Å²) in [6.45, 7) is 7.35. The molecule has 2 aliphatic heterocycles. The Hall–Kier alpha value is -0.120. The number of nitrogens with zero attached hydrogens (tertiary/aromatic N) is 1. The second-order valence-electron chi connectivity index (χ2n) is 5.77. The van der Waals surface area contributed by atoms with Crippen molar-refractivity contribution in [1.82, 2.24) is 4.90 Å². The second-order valence-corrected chi connectivity index (χ2v) is 5.77. The third-order valence-corrected chi connectivity index (χ3v) is 4.55. The molecule has 0 aromatic heterocycles. The van der Waals surface area contributed by atoms with E-state index in [9.17, 15) is 0 Å². The highest BCUT2D eigenvalue weighted by Gasteiger charge is 2.37. The Morgan fingerprint density at radius 1 is 1.24 bits per heavy atom. The van der Waals surface area contributed by atoms with Crippen LogP contribution in [0.25, 0.3) is 0 Å². The zero-order valence-electron chi connectivity index (χ0n) is 11.4. The first-order valence-corrected chi connectivity index (χ1v) is 7.12. The summed E-state index contributed by atoms with van der Waals surface area (Å²) in [5, 5.41) is 0. The molecule has 0 radical (unpaired) electrons. The average Bonchev–Trinajstić information content (AvgIpc) is 2.39. The monoisotopic (exact) mass is 241 g/mol. The van der Waals surface area contributed by atoms with E-state index in [0.717, 1.165) is 32.9 Å². The maximum atomic E-state index is 6.08. The number of rotatable bonds is 4. The van der Waals surface area contributed by atoms with Gasteiger partial charge in [0.2, 0.25) is 0 Å². The minimum Gasteiger partial charge on any atom is -0.381 e. The van der Waals surface area contributed by atoms with Gasteiger partial charge < -0.3 is 14.4 Å². The van der Waals surface area contributed by atoms with Crippen molar-refractivity contribution in [2.45, 2.75) is 45.1 Å². The number of ether oxygens (including phenoxy) is 2. The van der Waals surface area contributed by atoms with Crippen LogP contribution in [0, 0.1) is 5.41 Å². The lowest BCUT2D eigenvalue weighted by molar-refractivity contribution is -0.107. The fourth-order valence-corrected chi connectivity index (χ4v) is 2.87. The van der Waals surface area contributed by atoms with Crippen LogP contribution in [0.3, 0.4) is 0 Å². The van der Waals surface area contributed by atoms with Crippen LogP contribution < -0.4 is 0 Å². The van der Waals surface area contributed by atoms with Crippen LogP contribution in [0.15, 0.2) is 0 Å². The molecule has 3 heteroatoms. The Morgan fingerprint density at radius 2 is 2.00 bits per heavy atom. The molecular weight excluding hydrogens is 214 g/mol. The van der Waals surface area contributed by atoms with Gasteiger partial charge in [0, 0.05) is 19.8 Å². The Labute approximate surface area is 105 Å². The molecule has 0 aromatic rings. The van der Waals surface area contributed by atoms with Gasteiger partial charge in [0.25, 0.3) is 0 Å². The van der Waals surface area contributed by atoms with Crippen molar-refractivity contribution < 1.29 is 9.47 Å². The molecule has 2 heterocycles. The fourth-order valence-electron chi connectivity index (χ4n) is 2.87. The lowest BCUT2D eigenvalue weighted by atomic mass is 9.75. The van der Waals surface area contributed by atoms with Gasteiger partial charge in [0.1, 0.15) is 0 Å². The molecule has 17 heavy (non-hydrogen) atoms. The third kappa shape index (κ3) is 3.67. The molecule has 0 bridgehead atoms. The fraction of sp³-hybridized carbons (Fsp3) is 1.00. The first-order chi connectivity index (χ1) is 8.24. The van der Waals surface area contributed by atoms with E-state index in [1.165, 1.54) is 32.1 Å². The van der Waals surface area contributed by atoms with Crippen LogP contribution in [-0.4, -0.2) is 51.0 Å². The lowest BCUT2D eigenvalue weighted by Gasteiger charge is -2.42. The molecule has 2 fully saturated rings. The minimum atomic E-state index is 0.464. The summed E-state index contributed by atoms with van der Waals surface area (Å²) >= 11 is 0. The van der Waals surface area contributed by atoms with Crippen LogP contribution in [0.2, 0.25) is 0 Å². The van der Waals surface area contributed by atoms with Gasteiger partial charge in [0.05, 0.1) is 12.7 Å². The Bertz CT molecular complexity index is 216. The molecule has 2 saturated heterocycles. The average molecular weight is 241 g/mol. The van der Waals surface area contributed by atoms with Crippen LogP contribution in [0.1, 0.15) is 39.0 Å². The van der Waals surface area contributed by atoms with E-state index in [-0.39, 0.29) is 0 Å². The van der Waals surface area contributed by atoms with Crippen molar-refractivity contribution in [3.8, 4) is 0 Å².